The Kier molecular flexibility index (Phi) is 8.75. The minimum absolute atomic E-state index is 0.0284. The van der Waals surface area contributed by atoms with Crippen molar-refractivity contribution in [2.24, 2.45) is 11.7 Å². The van der Waals surface area contributed by atoms with Crippen LogP contribution in [0.3, 0.4) is 0 Å². The van der Waals surface area contributed by atoms with E-state index >= 15 is 0 Å². The fourth-order valence-electron chi connectivity index (χ4n) is 4.96. The summed E-state index contributed by atoms with van der Waals surface area (Å²) in [6, 6.07) is 13.9. The number of halogens is 1. The molecule has 1 heterocycles. The number of carbonyl (C=O) groups excluding carboxylic acids is 2. The van der Waals surface area contributed by atoms with Crippen LogP contribution in [0, 0.1) is 11.7 Å². The van der Waals surface area contributed by atoms with Gasteiger partial charge in [-0.05, 0) is 69.4 Å². The minimum atomic E-state index is -3.75. The smallest absolute Gasteiger partial charge is 0.283 e. The maximum absolute atomic E-state index is 13.6. The fourth-order valence-corrected chi connectivity index (χ4v) is 7.09. The van der Waals surface area contributed by atoms with E-state index in [0.29, 0.717) is 18.7 Å². The van der Waals surface area contributed by atoms with E-state index in [9.17, 15) is 22.4 Å². The average molecular weight is 560 g/mol. The summed E-state index contributed by atoms with van der Waals surface area (Å²) >= 11 is 0. The van der Waals surface area contributed by atoms with Crippen LogP contribution in [0.2, 0.25) is 0 Å². The zero-order valence-electron chi connectivity index (χ0n) is 22.6. The standard InChI is InChI=1S/C28H38FN5O4S/c1-19(26(35)31-22-11-9-21(29)10-12-22)17-24(30)25(18-20-7-5-4-6-8-20)32-27(36)28(2,3)34-16-15-33(23-13-14-23)39(34,37)38/h4-12,19,23-25H,13-18,30H2,1-3H3,(H,31,35)(H,32,36)/t19-,24+,25+/m1/s1. The van der Waals surface area contributed by atoms with E-state index in [0.717, 1.165) is 18.4 Å². The topological polar surface area (TPSA) is 125 Å². The van der Waals surface area contributed by atoms with E-state index in [1.54, 1.807) is 20.8 Å². The number of hydrogen-bond acceptors (Lipinski definition) is 5. The zero-order valence-corrected chi connectivity index (χ0v) is 23.5. The van der Waals surface area contributed by atoms with Gasteiger partial charge >= 0.3 is 0 Å². The van der Waals surface area contributed by atoms with Crippen molar-refractivity contribution in [2.75, 3.05) is 18.4 Å². The molecule has 212 valence electrons. The van der Waals surface area contributed by atoms with Crippen molar-refractivity contribution in [2.45, 2.75) is 70.1 Å². The predicted molar refractivity (Wildman–Crippen MR) is 148 cm³/mol. The quantitative estimate of drug-likeness (QED) is 0.391. The SMILES string of the molecule is C[C@H](C[C@H](N)[C@H](Cc1ccccc1)NC(=O)C(C)(C)N1CCN(C2CC2)S1(=O)=O)C(=O)Nc1ccc(F)cc1. The van der Waals surface area contributed by atoms with E-state index < -0.39 is 45.5 Å². The molecule has 4 rings (SSSR count). The summed E-state index contributed by atoms with van der Waals surface area (Å²) in [4.78, 5) is 26.4. The maximum Gasteiger partial charge on any atom is 0.283 e. The van der Waals surface area contributed by atoms with Crippen LogP contribution in [0.15, 0.2) is 54.6 Å². The lowest BCUT2D eigenvalue weighted by molar-refractivity contribution is -0.129. The van der Waals surface area contributed by atoms with Crippen molar-refractivity contribution in [3.63, 3.8) is 0 Å². The van der Waals surface area contributed by atoms with Crippen molar-refractivity contribution in [1.82, 2.24) is 13.9 Å². The van der Waals surface area contributed by atoms with E-state index in [2.05, 4.69) is 10.6 Å². The summed E-state index contributed by atoms with van der Waals surface area (Å²) in [5.74, 6) is -1.61. The third-order valence-corrected chi connectivity index (χ3v) is 9.82. The number of amides is 2. The highest BCUT2D eigenvalue weighted by molar-refractivity contribution is 7.87. The van der Waals surface area contributed by atoms with Crippen molar-refractivity contribution < 1.29 is 22.4 Å². The molecule has 2 aromatic carbocycles. The molecule has 2 aromatic rings. The molecule has 0 spiro atoms. The number of nitrogens with one attached hydrogen (secondary N) is 2. The molecule has 1 saturated heterocycles. The van der Waals surface area contributed by atoms with Gasteiger partial charge in [-0.25, -0.2) is 4.39 Å². The van der Waals surface area contributed by atoms with Gasteiger partial charge in [-0.15, -0.1) is 0 Å². The summed E-state index contributed by atoms with van der Waals surface area (Å²) in [6.45, 7) is 5.58. The highest BCUT2D eigenvalue weighted by Gasteiger charge is 2.52. The van der Waals surface area contributed by atoms with Crippen molar-refractivity contribution in [1.29, 1.82) is 0 Å². The van der Waals surface area contributed by atoms with Crippen LogP contribution in [0.25, 0.3) is 0 Å². The van der Waals surface area contributed by atoms with Gasteiger partial charge in [0.2, 0.25) is 11.8 Å². The van der Waals surface area contributed by atoms with Crippen molar-refractivity contribution in [3.05, 3.63) is 66.0 Å². The van der Waals surface area contributed by atoms with Crippen LogP contribution in [0.4, 0.5) is 10.1 Å². The van der Waals surface area contributed by atoms with Gasteiger partial charge in [0, 0.05) is 42.8 Å². The molecule has 1 aliphatic heterocycles. The van der Waals surface area contributed by atoms with Crippen LogP contribution >= 0.6 is 0 Å². The zero-order chi connectivity index (χ0) is 28.4. The van der Waals surface area contributed by atoms with Crippen LogP contribution in [0.1, 0.15) is 45.6 Å². The molecule has 1 saturated carbocycles. The second kappa shape index (κ2) is 11.7. The van der Waals surface area contributed by atoms with Gasteiger partial charge in [0.15, 0.2) is 0 Å². The van der Waals surface area contributed by atoms with Crippen LogP contribution in [-0.4, -0.2) is 65.6 Å². The Morgan fingerprint density at radius 3 is 2.33 bits per heavy atom. The Bertz CT molecular complexity index is 1270. The maximum atomic E-state index is 13.6. The molecule has 1 aliphatic carbocycles. The fraction of sp³-hybridized carbons (Fsp3) is 0.500. The number of anilines is 1. The molecule has 2 aliphatic rings. The number of rotatable bonds is 11. The molecule has 9 nitrogen and oxygen atoms in total. The molecule has 2 amide bonds. The van der Waals surface area contributed by atoms with Crippen LogP contribution < -0.4 is 16.4 Å². The number of hydrogen-bond donors (Lipinski definition) is 3. The normalized spacial score (nSPS) is 20.2. The van der Waals surface area contributed by atoms with E-state index in [1.807, 2.05) is 30.3 Å². The largest absolute Gasteiger partial charge is 0.350 e. The number of carbonyl (C=O) groups is 2. The highest BCUT2D eigenvalue weighted by atomic mass is 32.2. The summed E-state index contributed by atoms with van der Waals surface area (Å²) < 4.78 is 42.4. The Hall–Kier alpha value is -2.86. The lowest BCUT2D eigenvalue weighted by atomic mass is 9.91. The lowest BCUT2D eigenvalue weighted by Gasteiger charge is -2.36. The second-order valence-corrected chi connectivity index (χ2v) is 12.9. The molecule has 39 heavy (non-hydrogen) atoms. The molecule has 11 heteroatoms. The lowest BCUT2D eigenvalue weighted by Crippen LogP contribution is -2.60. The molecule has 4 N–H and O–H groups in total. The second-order valence-electron chi connectivity index (χ2n) is 11.0. The summed E-state index contributed by atoms with van der Waals surface area (Å²) in [5, 5.41) is 5.78. The van der Waals surface area contributed by atoms with Crippen molar-refractivity contribution in [3.8, 4) is 0 Å². The summed E-state index contributed by atoms with van der Waals surface area (Å²) in [5.41, 5.74) is 6.70. The molecule has 0 unspecified atom stereocenters. The molecule has 0 aromatic heterocycles. The molecule has 2 fully saturated rings. The van der Waals surface area contributed by atoms with Gasteiger partial charge in [0.1, 0.15) is 11.4 Å². The molecule has 0 radical (unpaired) electrons. The average Bonchev–Trinajstić information content (AvgIpc) is 3.67. The van der Waals surface area contributed by atoms with Gasteiger partial charge in [-0.3, -0.25) is 9.59 Å². The molecule has 3 atom stereocenters. The number of nitrogens with zero attached hydrogens (tertiary/aromatic N) is 2. The molecule has 0 bridgehead atoms. The summed E-state index contributed by atoms with van der Waals surface area (Å²) in [6.07, 6.45) is 2.38. The summed E-state index contributed by atoms with van der Waals surface area (Å²) in [7, 11) is -3.75. The molecular formula is C28H38FN5O4S. The van der Waals surface area contributed by atoms with E-state index in [-0.39, 0.29) is 24.9 Å². The van der Waals surface area contributed by atoms with Gasteiger partial charge < -0.3 is 16.4 Å². The first-order chi connectivity index (χ1) is 18.4. The first-order valence-electron chi connectivity index (χ1n) is 13.4. The Labute approximate surface area is 230 Å². The van der Waals surface area contributed by atoms with Crippen LogP contribution in [-0.2, 0) is 26.2 Å². The van der Waals surface area contributed by atoms with E-state index in [4.69, 9.17) is 5.73 Å². The monoisotopic (exact) mass is 559 g/mol. The van der Waals surface area contributed by atoms with Gasteiger partial charge in [0.25, 0.3) is 10.2 Å². The van der Waals surface area contributed by atoms with Crippen molar-refractivity contribution >= 4 is 27.7 Å². The number of benzene rings is 2. The van der Waals surface area contributed by atoms with E-state index in [1.165, 1.54) is 32.9 Å². The van der Waals surface area contributed by atoms with Gasteiger partial charge in [-0.1, -0.05) is 37.3 Å². The Morgan fingerprint density at radius 1 is 1.08 bits per heavy atom. The Morgan fingerprint density at radius 2 is 1.72 bits per heavy atom. The third-order valence-electron chi connectivity index (χ3n) is 7.55. The van der Waals surface area contributed by atoms with Gasteiger partial charge in [0.05, 0.1) is 0 Å². The predicted octanol–water partition coefficient (Wildman–Crippen LogP) is 2.65. The minimum Gasteiger partial charge on any atom is -0.350 e. The van der Waals surface area contributed by atoms with Gasteiger partial charge in [-0.2, -0.15) is 17.0 Å². The number of nitrogens with two attached hydrogens (primary N) is 1. The first-order valence-corrected chi connectivity index (χ1v) is 14.8. The Balaban J connectivity index is 1.46. The highest BCUT2D eigenvalue weighted by Crippen LogP contribution is 2.36. The molecular weight excluding hydrogens is 521 g/mol. The van der Waals surface area contributed by atoms with Crippen LogP contribution in [0.5, 0.6) is 0 Å². The first kappa shape index (κ1) is 29.1. The third kappa shape index (κ3) is 6.84.